The molecule has 0 saturated carbocycles. The van der Waals surface area contributed by atoms with E-state index in [9.17, 15) is 5.11 Å². The predicted octanol–water partition coefficient (Wildman–Crippen LogP) is 3.20. The molecule has 0 bridgehead atoms. The summed E-state index contributed by atoms with van der Waals surface area (Å²) in [5, 5.41) is 14.0. The second kappa shape index (κ2) is 5.28. The number of halogens is 1. The number of phenolic OH excluding ortho intramolecular Hbond substituents is 1. The topological polar surface area (TPSA) is 32.3 Å². The molecule has 0 aromatic heterocycles. The van der Waals surface area contributed by atoms with Crippen molar-refractivity contribution in [3.05, 3.63) is 27.8 Å². The van der Waals surface area contributed by atoms with Crippen LogP contribution in [0.4, 0.5) is 0 Å². The molecule has 1 heterocycles. The first kappa shape index (κ1) is 12.7. The summed E-state index contributed by atoms with van der Waals surface area (Å²) in [5.74, 6) is 0.960. The summed E-state index contributed by atoms with van der Waals surface area (Å²) < 4.78 is 0. The number of benzene rings is 1. The first-order valence-corrected chi connectivity index (χ1v) is 6.65. The highest BCUT2D eigenvalue weighted by Gasteiger charge is 2.18. The third kappa shape index (κ3) is 2.75. The molecule has 1 aliphatic heterocycles. The number of hydrogen-bond donors (Lipinski definition) is 2. The fraction of sp³-hybridized carbons (Fsp3) is 0.571. The number of aryl methyl sites for hydroxylation is 2. The summed E-state index contributed by atoms with van der Waals surface area (Å²) in [6, 6.07) is 2.07. The van der Waals surface area contributed by atoms with E-state index in [0.717, 1.165) is 36.2 Å². The molecule has 1 aliphatic rings. The highest BCUT2D eigenvalue weighted by atomic mass is 35.5. The van der Waals surface area contributed by atoms with Gasteiger partial charge in [0.05, 0.1) is 5.02 Å². The average molecular weight is 254 g/mol. The normalized spacial score (nSPS) is 17.4. The summed E-state index contributed by atoms with van der Waals surface area (Å²) in [6.07, 6.45) is 3.31. The van der Waals surface area contributed by atoms with Crippen molar-refractivity contribution < 1.29 is 5.11 Å². The van der Waals surface area contributed by atoms with E-state index in [1.807, 2.05) is 6.92 Å². The van der Waals surface area contributed by atoms with Crippen molar-refractivity contribution in [3.63, 3.8) is 0 Å². The van der Waals surface area contributed by atoms with E-state index in [1.54, 1.807) is 0 Å². The highest BCUT2D eigenvalue weighted by Crippen LogP contribution is 2.35. The number of aromatic hydroxyl groups is 1. The second-order valence-electron chi connectivity index (χ2n) is 5.05. The van der Waals surface area contributed by atoms with E-state index in [4.69, 9.17) is 11.6 Å². The van der Waals surface area contributed by atoms with Crippen LogP contribution in [0.15, 0.2) is 6.07 Å². The Morgan fingerprint density at radius 2 is 1.94 bits per heavy atom. The molecule has 2 rings (SSSR count). The third-order valence-corrected chi connectivity index (χ3v) is 4.18. The van der Waals surface area contributed by atoms with E-state index in [2.05, 4.69) is 18.3 Å². The molecule has 0 aliphatic carbocycles. The molecule has 0 radical (unpaired) electrons. The Morgan fingerprint density at radius 1 is 1.29 bits per heavy atom. The van der Waals surface area contributed by atoms with Gasteiger partial charge >= 0.3 is 0 Å². The second-order valence-corrected chi connectivity index (χ2v) is 5.43. The van der Waals surface area contributed by atoms with Crippen LogP contribution in [0.3, 0.4) is 0 Å². The molecule has 1 aromatic carbocycles. The summed E-state index contributed by atoms with van der Waals surface area (Å²) >= 11 is 6.11. The largest absolute Gasteiger partial charge is 0.506 e. The minimum absolute atomic E-state index is 0.294. The monoisotopic (exact) mass is 253 g/mol. The minimum Gasteiger partial charge on any atom is -0.506 e. The maximum atomic E-state index is 10.1. The fourth-order valence-corrected chi connectivity index (χ4v) is 2.78. The Morgan fingerprint density at radius 3 is 2.59 bits per heavy atom. The van der Waals surface area contributed by atoms with Crippen molar-refractivity contribution in [2.24, 2.45) is 5.92 Å². The number of phenols is 1. The Balaban J connectivity index is 2.22. The summed E-state index contributed by atoms with van der Waals surface area (Å²) in [6.45, 7) is 6.16. The maximum Gasteiger partial charge on any atom is 0.137 e. The summed E-state index contributed by atoms with van der Waals surface area (Å²) in [7, 11) is 0. The van der Waals surface area contributed by atoms with Gasteiger partial charge in [0.2, 0.25) is 0 Å². The van der Waals surface area contributed by atoms with Crippen LogP contribution in [0.1, 0.15) is 29.5 Å². The highest BCUT2D eigenvalue weighted by molar-refractivity contribution is 6.32. The van der Waals surface area contributed by atoms with Gasteiger partial charge in [-0.1, -0.05) is 17.7 Å². The van der Waals surface area contributed by atoms with Crippen LogP contribution in [-0.2, 0) is 6.42 Å². The molecule has 3 heteroatoms. The van der Waals surface area contributed by atoms with E-state index in [-0.39, 0.29) is 0 Å². The van der Waals surface area contributed by atoms with Crippen molar-refractivity contribution in [2.75, 3.05) is 13.1 Å². The van der Waals surface area contributed by atoms with E-state index >= 15 is 0 Å². The Kier molecular flexibility index (Phi) is 3.95. The predicted molar refractivity (Wildman–Crippen MR) is 71.9 cm³/mol. The number of hydrogen-bond acceptors (Lipinski definition) is 2. The van der Waals surface area contributed by atoms with Gasteiger partial charge in [-0.15, -0.1) is 0 Å². The third-order valence-electron chi connectivity index (χ3n) is 3.70. The van der Waals surface area contributed by atoms with Crippen molar-refractivity contribution >= 4 is 11.6 Å². The molecule has 0 unspecified atom stereocenters. The minimum atomic E-state index is 0.294. The van der Waals surface area contributed by atoms with Gasteiger partial charge in [0, 0.05) is 0 Å². The Bertz CT molecular complexity index is 411. The molecule has 94 valence electrons. The van der Waals surface area contributed by atoms with Crippen LogP contribution in [0.5, 0.6) is 5.75 Å². The molecule has 1 fully saturated rings. The van der Waals surface area contributed by atoms with Crippen LogP contribution in [-0.4, -0.2) is 18.2 Å². The van der Waals surface area contributed by atoms with Gasteiger partial charge < -0.3 is 10.4 Å². The molecule has 0 atom stereocenters. The van der Waals surface area contributed by atoms with Crippen LogP contribution in [0.2, 0.25) is 5.02 Å². The molecule has 0 spiro atoms. The van der Waals surface area contributed by atoms with Gasteiger partial charge in [0.15, 0.2) is 0 Å². The zero-order chi connectivity index (χ0) is 12.4. The van der Waals surface area contributed by atoms with Crippen molar-refractivity contribution in [1.29, 1.82) is 0 Å². The molecule has 2 nitrogen and oxygen atoms in total. The van der Waals surface area contributed by atoms with Crippen molar-refractivity contribution in [3.8, 4) is 5.75 Å². The van der Waals surface area contributed by atoms with Crippen LogP contribution >= 0.6 is 11.6 Å². The lowest BCUT2D eigenvalue weighted by Crippen LogP contribution is -2.28. The number of piperidine rings is 1. The SMILES string of the molecule is Cc1cc(C)c(CC2CCNCC2)c(O)c1Cl. The molecule has 1 aromatic rings. The summed E-state index contributed by atoms with van der Waals surface area (Å²) in [5.41, 5.74) is 3.14. The zero-order valence-electron chi connectivity index (χ0n) is 10.5. The van der Waals surface area contributed by atoms with Crippen molar-refractivity contribution in [2.45, 2.75) is 33.1 Å². The molecule has 17 heavy (non-hydrogen) atoms. The van der Waals surface area contributed by atoms with Gasteiger partial charge in [-0.05, 0) is 68.8 Å². The van der Waals surface area contributed by atoms with Gasteiger partial charge in [-0.25, -0.2) is 0 Å². The molecular formula is C14H20ClNO. The summed E-state index contributed by atoms with van der Waals surface area (Å²) in [4.78, 5) is 0. The van der Waals surface area contributed by atoms with Crippen LogP contribution in [0, 0.1) is 19.8 Å². The van der Waals surface area contributed by atoms with Gasteiger partial charge in [-0.2, -0.15) is 0 Å². The average Bonchev–Trinajstić information content (AvgIpc) is 2.33. The van der Waals surface area contributed by atoms with E-state index in [1.165, 1.54) is 12.8 Å². The van der Waals surface area contributed by atoms with Gasteiger partial charge in [-0.3, -0.25) is 0 Å². The lowest BCUT2D eigenvalue weighted by atomic mass is 9.88. The smallest absolute Gasteiger partial charge is 0.137 e. The van der Waals surface area contributed by atoms with Crippen LogP contribution < -0.4 is 5.32 Å². The molecule has 1 saturated heterocycles. The van der Waals surface area contributed by atoms with Gasteiger partial charge in [0.25, 0.3) is 0 Å². The van der Waals surface area contributed by atoms with E-state index in [0.29, 0.717) is 16.7 Å². The zero-order valence-corrected chi connectivity index (χ0v) is 11.3. The first-order chi connectivity index (χ1) is 8.09. The Labute approximate surface area is 108 Å². The maximum absolute atomic E-state index is 10.1. The number of rotatable bonds is 2. The van der Waals surface area contributed by atoms with Crippen molar-refractivity contribution in [1.82, 2.24) is 5.32 Å². The van der Waals surface area contributed by atoms with Gasteiger partial charge in [0.1, 0.15) is 5.75 Å². The standard InChI is InChI=1S/C14H20ClNO/c1-9-7-10(2)13(15)14(17)12(9)8-11-3-5-16-6-4-11/h7,11,16-17H,3-6,8H2,1-2H3. The lowest BCUT2D eigenvalue weighted by molar-refractivity contribution is 0.366. The van der Waals surface area contributed by atoms with E-state index < -0.39 is 0 Å². The Hall–Kier alpha value is -0.730. The molecular weight excluding hydrogens is 234 g/mol. The van der Waals surface area contributed by atoms with Crippen LogP contribution in [0.25, 0.3) is 0 Å². The number of nitrogens with one attached hydrogen (secondary N) is 1. The first-order valence-electron chi connectivity index (χ1n) is 6.28. The molecule has 2 N–H and O–H groups in total. The molecule has 0 amide bonds. The lowest BCUT2D eigenvalue weighted by Gasteiger charge is -2.24. The quantitative estimate of drug-likeness (QED) is 0.848. The fourth-order valence-electron chi connectivity index (χ4n) is 2.61.